The van der Waals surface area contributed by atoms with Crippen LogP contribution in [-0.4, -0.2) is 23.3 Å². The topological polar surface area (TPSA) is 66.8 Å². The number of carbonyl (C=O) groups is 1. The Bertz CT molecular complexity index is 389. The summed E-state index contributed by atoms with van der Waals surface area (Å²) in [6.45, 7) is 1.48. The van der Waals surface area contributed by atoms with E-state index in [0.29, 0.717) is 5.75 Å². The Hall–Kier alpha value is -1.42. The molecule has 82 valence electrons. The van der Waals surface area contributed by atoms with Crippen LogP contribution in [0.25, 0.3) is 0 Å². The second-order valence-corrected chi connectivity index (χ2v) is 3.51. The highest BCUT2D eigenvalue weighted by Gasteiger charge is 2.19. The first kappa shape index (κ1) is 11.7. The zero-order valence-electron chi connectivity index (χ0n) is 8.32. The first-order valence-electron chi connectivity index (χ1n) is 4.26. The molecule has 5 heteroatoms. The lowest BCUT2D eigenvalue weighted by Gasteiger charge is -2.12. The lowest BCUT2D eigenvalue weighted by atomic mass is 10.00. The fourth-order valence-electron chi connectivity index (χ4n) is 1.19. The van der Waals surface area contributed by atoms with Crippen molar-refractivity contribution in [3.05, 3.63) is 22.7 Å². The maximum atomic E-state index is 10.8. The molecule has 0 spiro atoms. The number of carboxylic acids is 1. The van der Waals surface area contributed by atoms with Crippen LogP contribution in [0.2, 0.25) is 5.02 Å². The summed E-state index contributed by atoms with van der Waals surface area (Å²) in [7, 11) is 1.42. The Morgan fingerprint density at radius 1 is 1.53 bits per heavy atom. The van der Waals surface area contributed by atoms with E-state index >= 15 is 0 Å². The fourth-order valence-corrected chi connectivity index (χ4v) is 1.43. The highest BCUT2D eigenvalue weighted by molar-refractivity contribution is 6.32. The molecule has 0 saturated carbocycles. The second-order valence-electron chi connectivity index (χ2n) is 3.11. The molecule has 1 unspecified atom stereocenters. The van der Waals surface area contributed by atoms with Crippen LogP contribution in [-0.2, 0) is 4.79 Å². The van der Waals surface area contributed by atoms with Crippen LogP contribution >= 0.6 is 11.6 Å². The minimum Gasteiger partial charge on any atom is -0.508 e. The molecular formula is C10H11ClO4. The van der Waals surface area contributed by atoms with Crippen LogP contribution in [0, 0.1) is 0 Å². The van der Waals surface area contributed by atoms with Gasteiger partial charge in [0.15, 0.2) is 0 Å². The van der Waals surface area contributed by atoms with Gasteiger partial charge in [-0.1, -0.05) is 11.6 Å². The number of carboxylic acid groups (broad SMARTS) is 1. The smallest absolute Gasteiger partial charge is 0.310 e. The molecule has 15 heavy (non-hydrogen) atoms. The Morgan fingerprint density at radius 2 is 2.13 bits per heavy atom. The molecular weight excluding hydrogens is 220 g/mol. The highest BCUT2D eigenvalue weighted by atomic mass is 35.5. The molecule has 0 saturated heterocycles. The molecule has 0 aliphatic heterocycles. The van der Waals surface area contributed by atoms with Crippen molar-refractivity contribution in [2.75, 3.05) is 7.11 Å². The number of aliphatic carboxylic acids is 1. The van der Waals surface area contributed by atoms with Crippen molar-refractivity contribution in [2.24, 2.45) is 0 Å². The zero-order chi connectivity index (χ0) is 11.6. The molecule has 0 bridgehead atoms. The minimum atomic E-state index is -1.02. The lowest BCUT2D eigenvalue weighted by molar-refractivity contribution is -0.138. The summed E-state index contributed by atoms with van der Waals surface area (Å²) in [5, 5.41) is 18.6. The van der Waals surface area contributed by atoms with Crippen LogP contribution in [0.5, 0.6) is 11.5 Å². The number of halogens is 1. The third-order valence-corrected chi connectivity index (χ3v) is 2.43. The zero-order valence-corrected chi connectivity index (χ0v) is 9.08. The number of hydrogen-bond donors (Lipinski definition) is 2. The largest absolute Gasteiger partial charge is 0.508 e. The van der Waals surface area contributed by atoms with Gasteiger partial charge in [-0.2, -0.15) is 0 Å². The van der Waals surface area contributed by atoms with Crippen LogP contribution in [0.4, 0.5) is 0 Å². The van der Waals surface area contributed by atoms with E-state index < -0.39 is 11.9 Å². The molecule has 1 aromatic carbocycles. The second kappa shape index (κ2) is 4.40. The Balaban J connectivity index is 3.24. The molecule has 0 fully saturated rings. The van der Waals surface area contributed by atoms with Crippen LogP contribution in [0.3, 0.4) is 0 Å². The number of phenols is 1. The van der Waals surface area contributed by atoms with Gasteiger partial charge in [-0.05, 0) is 13.0 Å². The maximum Gasteiger partial charge on any atom is 0.310 e. The van der Waals surface area contributed by atoms with E-state index in [1.807, 2.05) is 0 Å². The van der Waals surface area contributed by atoms with Crippen molar-refractivity contribution in [3.8, 4) is 11.5 Å². The third-order valence-electron chi connectivity index (χ3n) is 2.14. The van der Waals surface area contributed by atoms with E-state index in [0.717, 1.165) is 0 Å². The quantitative estimate of drug-likeness (QED) is 0.836. The first-order chi connectivity index (χ1) is 6.97. The average molecular weight is 231 g/mol. The molecule has 0 amide bonds. The molecule has 1 atom stereocenters. The van der Waals surface area contributed by atoms with E-state index in [2.05, 4.69) is 0 Å². The standard InChI is InChI=1S/C10H11ClO4/c1-5(10(13)14)6-3-9(15-2)7(11)4-8(6)12/h3-5,12H,1-2H3,(H,13,14). The van der Waals surface area contributed by atoms with E-state index in [1.165, 1.54) is 26.2 Å². The first-order valence-corrected chi connectivity index (χ1v) is 4.64. The summed E-state index contributed by atoms with van der Waals surface area (Å²) < 4.78 is 4.93. The van der Waals surface area contributed by atoms with Crippen molar-refractivity contribution in [3.63, 3.8) is 0 Å². The van der Waals surface area contributed by atoms with Crippen LogP contribution in [0.15, 0.2) is 12.1 Å². The van der Waals surface area contributed by atoms with Gasteiger partial charge in [0, 0.05) is 11.6 Å². The van der Waals surface area contributed by atoms with Crippen molar-refractivity contribution in [1.82, 2.24) is 0 Å². The van der Waals surface area contributed by atoms with Gasteiger partial charge < -0.3 is 14.9 Å². The summed E-state index contributed by atoms with van der Waals surface area (Å²) in [5.41, 5.74) is 0.281. The number of aromatic hydroxyl groups is 1. The average Bonchev–Trinajstić information content (AvgIpc) is 2.17. The van der Waals surface area contributed by atoms with Crippen LogP contribution in [0.1, 0.15) is 18.4 Å². The summed E-state index contributed by atoms with van der Waals surface area (Å²) in [6, 6.07) is 2.70. The van der Waals surface area contributed by atoms with Crippen molar-refractivity contribution in [1.29, 1.82) is 0 Å². The number of benzene rings is 1. The molecule has 1 rings (SSSR count). The molecule has 0 aromatic heterocycles. The van der Waals surface area contributed by atoms with E-state index in [1.54, 1.807) is 0 Å². The number of rotatable bonds is 3. The van der Waals surface area contributed by atoms with Crippen molar-refractivity contribution < 1.29 is 19.7 Å². The van der Waals surface area contributed by atoms with Crippen molar-refractivity contribution in [2.45, 2.75) is 12.8 Å². The van der Waals surface area contributed by atoms with Gasteiger partial charge >= 0.3 is 5.97 Å². The molecule has 0 heterocycles. The number of methoxy groups -OCH3 is 1. The van der Waals surface area contributed by atoms with Gasteiger partial charge in [0.05, 0.1) is 18.1 Å². The van der Waals surface area contributed by atoms with Gasteiger partial charge in [0.2, 0.25) is 0 Å². The van der Waals surface area contributed by atoms with E-state index in [9.17, 15) is 9.90 Å². The normalized spacial score (nSPS) is 12.2. The molecule has 0 aliphatic rings. The molecule has 0 aliphatic carbocycles. The summed E-state index contributed by atoms with van der Waals surface area (Å²) in [5.74, 6) is -1.63. The van der Waals surface area contributed by atoms with E-state index in [4.69, 9.17) is 21.4 Å². The fraction of sp³-hybridized carbons (Fsp3) is 0.300. The Morgan fingerprint density at radius 3 is 2.60 bits per heavy atom. The van der Waals surface area contributed by atoms with Gasteiger partial charge in [-0.25, -0.2) is 0 Å². The van der Waals surface area contributed by atoms with Crippen molar-refractivity contribution >= 4 is 17.6 Å². The third kappa shape index (κ3) is 2.33. The van der Waals surface area contributed by atoms with Crippen LogP contribution < -0.4 is 4.74 Å². The SMILES string of the molecule is COc1cc(C(C)C(=O)O)c(O)cc1Cl. The summed E-state index contributed by atoms with van der Waals surface area (Å²) in [6.07, 6.45) is 0. The Labute approximate surface area is 92.1 Å². The molecule has 1 aromatic rings. The summed E-state index contributed by atoms with van der Waals surface area (Å²) in [4.78, 5) is 10.8. The van der Waals surface area contributed by atoms with Gasteiger partial charge in [0.25, 0.3) is 0 Å². The Kier molecular flexibility index (Phi) is 3.42. The minimum absolute atomic E-state index is 0.143. The molecule has 4 nitrogen and oxygen atoms in total. The molecule has 2 N–H and O–H groups in total. The number of ether oxygens (including phenoxy) is 1. The highest BCUT2D eigenvalue weighted by Crippen LogP contribution is 2.35. The predicted molar refractivity (Wildman–Crippen MR) is 55.7 cm³/mol. The number of hydrogen-bond acceptors (Lipinski definition) is 3. The van der Waals surface area contributed by atoms with Gasteiger partial charge in [0.1, 0.15) is 11.5 Å². The lowest BCUT2D eigenvalue weighted by Crippen LogP contribution is -2.07. The predicted octanol–water partition coefficient (Wildman–Crippen LogP) is 2.24. The van der Waals surface area contributed by atoms with Gasteiger partial charge in [-0.3, -0.25) is 4.79 Å². The monoisotopic (exact) mass is 230 g/mol. The van der Waals surface area contributed by atoms with E-state index in [-0.39, 0.29) is 16.3 Å². The molecule has 0 radical (unpaired) electrons. The van der Waals surface area contributed by atoms with Gasteiger partial charge in [-0.15, -0.1) is 0 Å². The summed E-state index contributed by atoms with van der Waals surface area (Å²) >= 11 is 5.75. The number of phenolic OH excluding ortho intramolecular Hbond substituents is 1. The maximum absolute atomic E-state index is 10.8.